The Bertz CT molecular complexity index is 4030. The van der Waals surface area contributed by atoms with Crippen LogP contribution in [-0.2, 0) is 21.7 Å². The number of anilines is 5. The van der Waals surface area contributed by atoms with Gasteiger partial charge in [-0.3, -0.25) is 0 Å². The summed E-state index contributed by atoms with van der Waals surface area (Å²) in [5.74, 6) is 0. The van der Waals surface area contributed by atoms with Gasteiger partial charge in [-0.05, 0) is 131 Å². The number of para-hydroxylation sites is 3. The summed E-state index contributed by atoms with van der Waals surface area (Å²) in [5, 5.41) is 8.00. The molecule has 5 aliphatic rings. The van der Waals surface area contributed by atoms with Crippen LogP contribution >= 0.6 is 0 Å². The summed E-state index contributed by atoms with van der Waals surface area (Å²) < 4.78 is 7.18. The van der Waals surface area contributed by atoms with Crippen LogP contribution in [-0.4, -0.2) is 14.9 Å². The van der Waals surface area contributed by atoms with Crippen LogP contribution in [0.3, 0.4) is 0 Å². The minimum atomic E-state index is -2.98. The van der Waals surface area contributed by atoms with E-state index >= 15 is 0 Å². The first-order valence-corrected chi connectivity index (χ1v) is 29.0. The maximum absolute atomic E-state index is 7.18. The summed E-state index contributed by atoms with van der Waals surface area (Å²) in [6.07, 6.45) is 2.32. The van der Waals surface area contributed by atoms with Gasteiger partial charge in [-0.25, -0.2) is 0 Å². The fourth-order valence-electron chi connectivity index (χ4n) is 15.3. The Morgan fingerprint density at radius 2 is 1.04 bits per heavy atom. The van der Waals surface area contributed by atoms with E-state index < -0.39 is 8.07 Å². The van der Waals surface area contributed by atoms with E-state index in [9.17, 15) is 0 Å². The second-order valence-corrected chi connectivity index (χ2v) is 28.4. The van der Waals surface area contributed by atoms with Crippen LogP contribution in [0.5, 0.6) is 0 Å². The van der Waals surface area contributed by atoms with Gasteiger partial charge < -0.3 is 14.1 Å². The summed E-state index contributed by atoms with van der Waals surface area (Å²) in [4.78, 5) is 5.52. The Morgan fingerprint density at radius 1 is 0.473 bits per heavy atom. The second kappa shape index (κ2) is 14.7. The Balaban J connectivity index is 1.15. The molecule has 2 aliphatic carbocycles. The van der Waals surface area contributed by atoms with Crippen LogP contribution in [0, 0.1) is 6.92 Å². The van der Waals surface area contributed by atoms with Gasteiger partial charge in [-0.2, -0.15) is 0 Å². The van der Waals surface area contributed by atoms with E-state index in [1.165, 1.54) is 122 Å². The molecule has 0 N–H and O–H groups in total. The smallest absolute Gasteiger partial charge is 0.333 e. The zero-order valence-electron chi connectivity index (χ0n) is 44.1. The summed E-state index contributed by atoms with van der Waals surface area (Å²) in [5.41, 5.74) is 22.8. The summed E-state index contributed by atoms with van der Waals surface area (Å²) >= 11 is 0. The number of nitrogens with zero attached hydrogens (tertiary/aromatic N) is 2. The highest BCUT2D eigenvalue weighted by atomic mass is 28.3. The van der Waals surface area contributed by atoms with Crippen LogP contribution in [0.2, 0.25) is 0 Å². The third-order valence-corrected chi connectivity index (χ3v) is 24.0. The average Bonchev–Trinajstić information content (AvgIpc) is 3.85. The van der Waals surface area contributed by atoms with Gasteiger partial charge in [0.15, 0.2) is 8.07 Å². The van der Waals surface area contributed by atoms with E-state index in [2.05, 4.69) is 254 Å². The molecule has 0 fully saturated rings. The quantitative estimate of drug-likeness (QED) is 0.165. The molecule has 4 heterocycles. The van der Waals surface area contributed by atoms with Crippen molar-refractivity contribution in [3.05, 3.63) is 221 Å². The summed E-state index contributed by atoms with van der Waals surface area (Å²) in [6, 6.07) is 70.7. The van der Waals surface area contributed by atoms with Gasteiger partial charge >= 0.3 is 6.85 Å². The molecule has 0 atom stereocenters. The second-order valence-electron chi connectivity index (χ2n) is 24.7. The molecule has 0 amide bonds. The number of rotatable bonds is 3. The highest BCUT2D eigenvalue weighted by Gasteiger charge is 2.56. The van der Waals surface area contributed by atoms with Crippen LogP contribution in [0.4, 0.5) is 28.4 Å². The summed E-state index contributed by atoms with van der Waals surface area (Å²) in [7, 11) is -2.98. The molecule has 10 aromatic rings. The monoisotopic (exact) mass is 972 g/mol. The molecule has 74 heavy (non-hydrogen) atoms. The molecule has 3 aliphatic heterocycles. The molecule has 1 aromatic heterocycles. The maximum Gasteiger partial charge on any atom is 0.333 e. The third-order valence-electron chi connectivity index (χ3n) is 19.1. The lowest BCUT2D eigenvalue weighted by Crippen LogP contribution is -2.79. The Hall–Kier alpha value is -7.34. The van der Waals surface area contributed by atoms with Crippen molar-refractivity contribution in [1.82, 2.24) is 0 Å². The van der Waals surface area contributed by atoms with Crippen molar-refractivity contribution < 1.29 is 4.42 Å². The molecule has 0 spiro atoms. The number of furan rings is 1. The molecule has 0 bridgehead atoms. The van der Waals surface area contributed by atoms with Crippen molar-refractivity contribution in [2.24, 2.45) is 0 Å². The van der Waals surface area contributed by atoms with E-state index in [1.54, 1.807) is 0 Å². The first-order chi connectivity index (χ1) is 35.6. The largest absolute Gasteiger partial charge is 0.456 e. The van der Waals surface area contributed by atoms with Crippen molar-refractivity contribution in [2.75, 3.05) is 9.71 Å². The highest BCUT2D eigenvalue weighted by Crippen LogP contribution is 2.57. The Labute approximate surface area is 437 Å². The predicted octanol–water partition coefficient (Wildman–Crippen LogP) is 13.6. The van der Waals surface area contributed by atoms with Crippen molar-refractivity contribution in [1.29, 1.82) is 0 Å². The summed E-state index contributed by atoms with van der Waals surface area (Å²) in [6.45, 7) is 21.9. The van der Waals surface area contributed by atoms with Crippen molar-refractivity contribution in [2.45, 2.75) is 96.8 Å². The van der Waals surface area contributed by atoms with Crippen LogP contribution in [0.25, 0.3) is 33.1 Å². The van der Waals surface area contributed by atoms with E-state index in [-0.39, 0.29) is 28.5 Å². The van der Waals surface area contributed by atoms with E-state index in [1.807, 2.05) is 0 Å². The molecule has 360 valence electrons. The lowest BCUT2D eigenvalue weighted by Gasteiger charge is -2.53. The van der Waals surface area contributed by atoms with Crippen LogP contribution < -0.4 is 41.4 Å². The van der Waals surface area contributed by atoms with Gasteiger partial charge in [0.05, 0.1) is 0 Å². The van der Waals surface area contributed by atoms with Crippen molar-refractivity contribution in [3.63, 3.8) is 0 Å². The lowest BCUT2D eigenvalue weighted by molar-refractivity contribution is 0.332. The van der Waals surface area contributed by atoms with Gasteiger partial charge in [0.1, 0.15) is 11.2 Å². The molecule has 9 aromatic carbocycles. The van der Waals surface area contributed by atoms with Crippen LogP contribution in [0.15, 0.2) is 186 Å². The normalized spacial score (nSPS) is 18.1. The Kier molecular flexibility index (Phi) is 8.78. The fraction of sp³-hybridized carbons (Fsp3) is 0.217. The molecule has 3 nitrogen and oxygen atoms in total. The first-order valence-electron chi connectivity index (χ1n) is 27.0. The number of hydrogen-bond acceptors (Lipinski definition) is 3. The van der Waals surface area contributed by atoms with Gasteiger partial charge in [0, 0.05) is 61.7 Å². The number of hydrogen-bond donors (Lipinski definition) is 0. The molecule has 5 heteroatoms. The van der Waals surface area contributed by atoms with Gasteiger partial charge in [-0.1, -0.05) is 207 Å². The minimum Gasteiger partial charge on any atom is -0.456 e. The standard InChI is InChI=1S/C69H61BN2OSi/c1-42-37-49-50(67(4,5)36-35-66(49,2)3)39-55(42)71-56-40-52-51(68(6,7)47-29-17-18-30-48(47)69(52,8)9)38-53(56)70-64-57(71)41-59-62(45-27-16-20-32-58(45)73-59)63(64)46-28-22-34-61-65(46)72(70)54-31-19-21-33-60(54)74(61,43-23-12-10-13-24-43)44-25-14-11-15-26-44/h10-34,37-41H,35-36H2,1-9H3. The average molecular weight is 973 g/mol. The number of fused-ring (bicyclic) bond motifs is 13. The maximum atomic E-state index is 7.18. The first kappa shape index (κ1) is 44.2. The van der Waals surface area contributed by atoms with Gasteiger partial charge in [-0.15, -0.1) is 0 Å². The van der Waals surface area contributed by atoms with Gasteiger partial charge in [0.25, 0.3) is 0 Å². The molecule has 0 radical (unpaired) electrons. The number of benzene rings is 9. The highest BCUT2D eigenvalue weighted by molar-refractivity contribution is 7.22. The lowest BCUT2D eigenvalue weighted by atomic mass is 9.42. The zero-order valence-corrected chi connectivity index (χ0v) is 45.1. The topological polar surface area (TPSA) is 19.6 Å². The molecule has 15 rings (SSSR count). The SMILES string of the molecule is Cc1cc2c(cc1N1c3cc4c(cc3B3c5c1cc1oc6ccccc6c1c5-c1cccc5c1N3c1ccccc1[Si]5(c1ccccc1)c1ccccc1)C(C)(C)c1ccccc1C4(C)C)C(C)(C)CCC2(C)C. The molecular weight excluding hydrogens is 912 g/mol. The minimum absolute atomic E-state index is 0.0168. The Morgan fingerprint density at radius 3 is 1.73 bits per heavy atom. The van der Waals surface area contributed by atoms with Crippen molar-refractivity contribution in [3.8, 4) is 11.1 Å². The molecule has 0 unspecified atom stereocenters. The molecule has 0 saturated carbocycles. The predicted molar refractivity (Wildman–Crippen MR) is 315 cm³/mol. The van der Waals surface area contributed by atoms with Crippen LogP contribution in [0.1, 0.15) is 107 Å². The molecule has 0 saturated heterocycles. The van der Waals surface area contributed by atoms with E-state index in [0.717, 1.165) is 23.0 Å². The molecular formula is C69H61BN2OSi. The third kappa shape index (κ3) is 5.48. The zero-order chi connectivity index (χ0) is 50.4. The van der Waals surface area contributed by atoms with Crippen molar-refractivity contribution >= 4 is 97.0 Å². The van der Waals surface area contributed by atoms with Gasteiger partial charge in [0.2, 0.25) is 0 Å². The number of aryl methyl sites for hydroxylation is 1. The van der Waals surface area contributed by atoms with E-state index in [4.69, 9.17) is 4.42 Å². The fourth-order valence-corrected chi connectivity index (χ4v) is 20.5. The van der Waals surface area contributed by atoms with E-state index in [0.29, 0.717) is 0 Å².